The average molecular weight is 305 g/mol. The third kappa shape index (κ3) is 3.93. The third-order valence-electron chi connectivity index (χ3n) is 2.91. The predicted octanol–water partition coefficient (Wildman–Crippen LogP) is 3.74. The number of pyridine rings is 1. The van der Waals surface area contributed by atoms with Gasteiger partial charge in [-0.15, -0.1) is 0 Å². The first kappa shape index (κ1) is 13.2. The van der Waals surface area contributed by atoms with E-state index in [2.05, 4.69) is 57.4 Å². The molecule has 1 aromatic carbocycles. The van der Waals surface area contributed by atoms with Gasteiger partial charge < -0.3 is 5.32 Å². The van der Waals surface area contributed by atoms with Gasteiger partial charge in [-0.2, -0.15) is 0 Å². The van der Waals surface area contributed by atoms with Crippen molar-refractivity contribution in [2.75, 3.05) is 6.54 Å². The molecule has 0 unspecified atom stereocenters. The second-order valence-corrected chi connectivity index (χ2v) is 5.22. The highest BCUT2D eigenvalue weighted by molar-refractivity contribution is 9.10. The van der Waals surface area contributed by atoms with Crippen LogP contribution in [0.1, 0.15) is 24.2 Å². The highest BCUT2D eigenvalue weighted by Crippen LogP contribution is 2.17. The summed E-state index contributed by atoms with van der Waals surface area (Å²) < 4.78 is 1.12. The first-order chi connectivity index (χ1) is 8.75. The van der Waals surface area contributed by atoms with Crippen LogP contribution in [0.3, 0.4) is 0 Å². The normalized spacial score (nSPS) is 12.3. The van der Waals surface area contributed by atoms with Crippen LogP contribution in [0.25, 0.3) is 0 Å². The molecule has 0 amide bonds. The molecule has 0 bridgehead atoms. The molecule has 0 aliphatic carbocycles. The fourth-order valence-corrected chi connectivity index (χ4v) is 2.27. The fourth-order valence-electron chi connectivity index (χ4n) is 1.86. The lowest BCUT2D eigenvalue weighted by Crippen LogP contribution is -2.21. The monoisotopic (exact) mass is 304 g/mol. The van der Waals surface area contributed by atoms with Crippen LogP contribution < -0.4 is 5.32 Å². The zero-order valence-corrected chi connectivity index (χ0v) is 12.0. The number of benzene rings is 1. The summed E-state index contributed by atoms with van der Waals surface area (Å²) in [6.45, 7) is 3.12. The smallest absolute Gasteiger partial charge is 0.0416 e. The number of nitrogens with zero attached hydrogens (tertiary/aromatic N) is 1. The second kappa shape index (κ2) is 6.66. The van der Waals surface area contributed by atoms with Crippen molar-refractivity contribution < 1.29 is 0 Å². The Morgan fingerprint density at radius 1 is 1.22 bits per heavy atom. The van der Waals surface area contributed by atoms with Crippen LogP contribution in [-0.4, -0.2) is 11.5 Å². The van der Waals surface area contributed by atoms with E-state index in [0.29, 0.717) is 6.04 Å². The van der Waals surface area contributed by atoms with Crippen LogP contribution in [0.15, 0.2) is 53.1 Å². The molecular formula is C15H17BrN2. The van der Waals surface area contributed by atoms with E-state index in [1.54, 1.807) is 0 Å². The Labute approximate surface area is 117 Å². The third-order valence-corrected chi connectivity index (χ3v) is 3.40. The molecule has 0 fully saturated rings. The summed E-state index contributed by atoms with van der Waals surface area (Å²) in [5, 5.41) is 3.51. The van der Waals surface area contributed by atoms with E-state index in [9.17, 15) is 0 Å². The molecule has 1 N–H and O–H groups in total. The minimum Gasteiger partial charge on any atom is -0.310 e. The lowest BCUT2D eigenvalue weighted by Gasteiger charge is -2.14. The summed E-state index contributed by atoms with van der Waals surface area (Å²) in [4.78, 5) is 4.31. The van der Waals surface area contributed by atoms with E-state index in [0.717, 1.165) is 23.1 Å². The van der Waals surface area contributed by atoms with E-state index >= 15 is 0 Å². The van der Waals surface area contributed by atoms with E-state index in [1.165, 1.54) is 5.56 Å². The zero-order chi connectivity index (χ0) is 12.8. The largest absolute Gasteiger partial charge is 0.310 e. The molecule has 0 aliphatic rings. The SMILES string of the molecule is C[C@H](NCCc1ccccn1)c1cccc(Br)c1. The fraction of sp³-hybridized carbons (Fsp3) is 0.267. The maximum absolute atomic E-state index is 4.31. The molecule has 0 spiro atoms. The summed E-state index contributed by atoms with van der Waals surface area (Å²) in [6.07, 6.45) is 2.80. The van der Waals surface area contributed by atoms with Gasteiger partial charge in [0.1, 0.15) is 0 Å². The Hall–Kier alpha value is -1.19. The van der Waals surface area contributed by atoms with Gasteiger partial charge in [0.25, 0.3) is 0 Å². The molecule has 2 nitrogen and oxygen atoms in total. The van der Waals surface area contributed by atoms with Gasteiger partial charge in [0.15, 0.2) is 0 Å². The summed E-state index contributed by atoms with van der Waals surface area (Å²) in [5.74, 6) is 0. The van der Waals surface area contributed by atoms with Crippen LogP contribution in [0.4, 0.5) is 0 Å². The number of nitrogens with one attached hydrogen (secondary N) is 1. The van der Waals surface area contributed by atoms with Crippen LogP contribution in [0.5, 0.6) is 0 Å². The van der Waals surface area contributed by atoms with Gasteiger partial charge in [0.05, 0.1) is 0 Å². The van der Waals surface area contributed by atoms with Crippen LogP contribution in [0.2, 0.25) is 0 Å². The average Bonchev–Trinajstić information content (AvgIpc) is 2.40. The predicted molar refractivity (Wildman–Crippen MR) is 78.5 cm³/mol. The molecule has 94 valence electrons. The summed E-state index contributed by atoms with van der Waals surface area (Å²) in [5.41, 5.74) is 2.43. The molecule has 3 heteroatoms. The number of hydrogen-bond acceptors (Lipinski definition) is 2. The number of hydrogen-bond donors (Lipinski definition) is 1. The topological polar surface area (TPSA) is 24.9 Å². The maximum atomic E-state index is 4.31. The second-order valence-electron chi connectivity index (χ2n) is 4.30. The summed E-state index contributed by atoms with van der Waals surface area (Å²) in [7, 11) is 0. The van der Waals surface area contributed by atoms with E-state index in [4.69, 9.17) is 0 Å². The van der Waals surface area contributed by atoms with Crippen molar-refractivity contribution in [3.63, 3.8) is 0 Å². The standard InChI is InChI=1S/C15H17BrN2/c1-12(13-5-4-6-14(16)11-13)17-10-8-15-7-2-3-9-18-15/h2-7,9,11-12,17H,8,10H2,1H3/t12-/m0/s1. The number of aromatic nitrogens is 1. The summed E-state index contributed by atoms with van der Waals surface area (Å²) in [6, 6.07) is 14.8. The highest BCUT2D eigenvalue weighted by Gasteiger charge is 2.04. The van der Waals surface area contributed by atoms with Gasteiger partial charge in [-0.05, 0) is 36.8 Å². The number of halogens is 1. The summed E-state index contributed by atoms with van der Waals surface area (Å²) >= 11 is 3.50. The van der Waals surface area contributed by atoms with Gasteiger partial charge in [-0.1, -0.05) is 34.1 Å². The van der Waals surface area contributed by atoms with Crippen LogP contribution in [0, 0.1) is 0 Å². The molecule has 1 atom stereocenters. The molecule has 0 aliphatic heterocycles. The molecule has 2 aromatic rings. The first-order valence-electron chi connectivity index (χ1n) is 6.14. The van der Waals surface area contributed by atoms with Crippen molar-refractivity contribution in [1.82, 2.24) is 10.3 Å². The Morgan fingerprint density at radius 2 is 2.11 bits per heavy atom. The quantitative estimate of drug-likeness (QED) is 0.910. The van der Waals surface area contributed by atoms with Gasteiger partial charge in [0, 0.05) is 35.4 Å². The van der Waals surface area contributed by atoms with Crippen LogP contribution >= 0.6 is 15.9 Å². The molecular weight excluding hydrogens is 288 g/mol. The number of rotatable bonds is 5. The van der Waals surface area contributed by atoms with Gasteiger partial charge in [-0.3, -0.25) is 4.98 Å². The van der Waals surface area contributed by atoms with Crippen molar-refractivity contribution in [1.29, 1.82) is 0 Å². The van der Waals surface area contributed by atoms with Crippen LogP contribution in [-0.2, 0) is 6.42 Å². The lowest BCUT2D eigenvalue weighted by atomic mass is 10.1. The lowest BCUT2D eigenvalue weighted by molar-refractivity contribution is 0.574. The van der Waals surface area contributed by atoms with Crippen molar-refractivity contribution in [3.8, 4) is 0 Å². The van der Waals surface area contributed by atoms with Crippen molar-refractivity contribution in [3.05, 3.63) is 64.4 Å². The van der Waals surface area contributed by atoms with Gasteiger partial charge in [0.2, 0.25) is 0 Å². The molecule has 2 rings (SSSR count). The Morgan fingerprint density at radius 3 is 2.83 bits per heavy atom. The van der Waals surface area contributed by atoms with E-state index in [-0.39, 0.29) is 0 Å². The first-order valence-corrected chi connectivity index (χ1v) is 6.94. The Kier molecular flexibility index (Phi) is 4.90. The molecule has 1 aromatic heterocycles. The maximum Gasteiger partial charge on any atom is 0.0416 e. The molecule has 18 heavy (non-hydrogen) atoms. The molecule has 0 saturated carbocycles. The zero-order valence-electron chi connectivity index (χ0n) is 10.4. The Balaban J connectivity index is 1.83. The Bertz CT molecular complexity index is 485. The van der Waals surface area contributed by atoms with Gasteiger partial charge in [-0.25, -0.2) is 0 Å². The van der Waals surface area contributed by atoms with E-state index in [1.807, 2.05) is 24.4 Å². The molecule has 1 heterocycles. The van der Waals surface area contributed by atoms with Crippen molar-refractivity contribution in [2.24, 2.45) is 0 Å². The minimum absolute atomic E-state index is 0.353. The van der Waals surface area contributed by atoms with Crippen molar-refractivity contribution in [2.45, 2.75) is 19.4 Å². The minimum atomic E-state index is 0.353. The van der Waals surface area contributed by atoms with Gasteiger partial charge >= 0.3 is 0 Å². The van der Waals surface area contributed by atoms with Crippen molar-refractivity contribution >= 4 is 15.9 Å². The van der Waals surface area contributed by atoms with E-state index < -0.39 is 0 Å². The molecule has 0 radical (unpaired) electrons. The highest BCUT2D eigenvalue weighted by atomic mass is 79.9. The molecule has 0 saturated heterocycles.